The van der Waals surface area contributed by atoms with Crippen LogP contribution < -0.4 is 10.6 Å². The lowest BCUT2D eigenvalue weighted by Crippen LogP contribution is -2.30. The van der Waals surface area contributed by atoms with Gasteiger partial charge in [0.2, 0.25) is 0 Å². The number of amides is 2. The first-order chi connectivity index (χ1) is 19.3. The Balaban J connectivity index is 1.49. The second-order valence-electron chi connectivity index (χ2n) is 8.83. The van der Waals surface area contributed by atoms with E-state index in [0.717, 1.165) is 11.1 Å². The van der Waals surface area contributed by atoms with Gasteiger partial charge in [-0.1, -0.05) is 60.2 Å². The number of hydrogen-bond acceptors (Lipinski definition) is 5. The summed E-state index contributed by atoms with van der Waals surface area (Å²) in [7, 11) is 0. The summed E-state index contributed by atoms with van der Waals surface area (Å²) in [5.74, 6) is -1.33. The Morgan fingerprint density at radius 1 is 0.775 bits per heavy atom. The molecule has 0 saturated carbocycles. The van der Waals surface area contributed by atoms with E-state index < -0.39 is 16.7 Å². The Labute approximate surface area is 230 Å². The van der Waals surface area contributed by atoms with Gasteiger partial charge in [0.15, 0.2) is 5.78 Å². The molecule has 0 aliphatic heterocycles. The number of carbonyl (C=O) groups is 3. The quantitative estimate of drug-likeness (QED) is 0.115. The molecule has 0 aliphatic rings. The molecule has 0 unspecified atom stereocenters. The monoisotopic (exact) mass is 531 g/mol. The minimum Gasteiger partial charge on any atom is -0.321 e. The van der Waals surface area contributed by atoms with E-state index in [0.29, 0.717) is 22.4 Å². The van der Waals surface area contributed by atoms with Crippen LogP contribution in [0.25, 0.3) is 12.2 Å². The summed E-state index contributed by atoms with van der Waals surface area (Å²) in [6.07, 6.45) is 4.24. The average molecular weight is 532 g/mol. The van der Waals surface area contributed by atoms with Gasteiger partial charge >= 0.3 is 0 Å². The molecule has 8 heteroatoms. The van der Waals surface area contributed by atoms with E-state index in [1.165, 1.54) is 30.4 Å². The molecule has 0 aliphatic carbocycles. The standard InChI is InChI=1S/C32H25N3O5/c1-22-11-13-23(14-12-22)21-28(34-31(37)26-8-3-2-4-9-26)32(38)33-27-18-15-25(16-19-27)30(36)20-17-24-7-5-6-10-29(24)35(39)40/h2-21H,1H3,(H,33,38)(H,34,37)/b20-17+,28-21-. The lowest BCUT2D eigenvalue weighted by molar-refractivity contribution is -0.385. The molecule has 0 saturated heterocycles. The predicted octanol–water partition coefficient (Wildman–Crippen LogP) is 6.21. The molecule has 198 valence electrons. The van der Waals surface area contributed by atoms with Crippen LogP contribution in [0.2, 0.25) is 0 Å². The largest absolute Gasteiger partial charge is 0.321 e. The van der Waals surface area contributed by atoms with E-state index in [2.05, 4.69) is 10.6 Å². The minimum atomic E-state index is -0.541. The van der Waals surface area contributed by atoms with Gasteiger partial charge in [-0.05, 0) is 73.2 Å². The number of nitrogens with zero attached hydrogens (tertiary/aromatic N) is 1. The highest BCUT2D eigenvalue weighted by Gasteiger charge is 2.16. The maximum Gasteiger partial charge on any atom is 0.276 e. The molecule has 8 nitrogen and oxygen atoms in total. The van der Waals surface area contributed by atoms with Crippen molar-refractivity contribution in [2.45, 2.75) is 6.92 Å². The molecule has 2 amide bonds. The number of benzene rings is 4. The van der Waals surface area contributed by atoms with Crippen molar-refractivity contribution in [1.82, 2.24) is 5.32 Å². The molecular formula is C32H25N3O5. The summed E-state index contributed by atoms with van der Waals surface area (Å²) >= 11 is 0. The first-order valence-electron chi connectivity index (χ1n) is 12.3. The number of nitrogens with one attached hydrogen (secondary N) is 2. The highest BCUT2D eigenvalue weighted by molar-refractivity contribution is 6.11. The molecular weight excluding hydrogens is 506 g/mol. The summed E-state index contributed by atoms with van der Waals surface area (Å²) in [5, 5.41) is 16.6. The topological polar surface area (TPSA) is 118 Å². The minimum absolute atomic E-state index is 0.0465. The highest BCUT2D eigenvalue weighted by atomic mass is 16.6. The average Bonchev–Trinajstić information content (AvgIpc) is 2.97. The zero-order valence-corrected chi connectivity index (χ0v) is 21.5. The van der Waals surface area contributed by atoms with Gasteiger partial charge in [-0.2, -0.15) is 0 Å². The Bertz CT molecular complexity index is 1610. The number of hydrogen-bond donors (Lipinski definition) is 2. The molecule has 0 aromatic heterocycles. The first-order valence-corrected chi connectivity index (χ1v) is 12.3. The Hall–Kier alpha value is -5.63. The van der Waals surface area contributed by atoms with Crippen molar-refractivity contribution in [1.29, 1.82) is 0 Å². The fraction of sp³-hybridized carbons (Fsp3) is 0.0312. The molecule has 0 heterocycles. The van der Waals surface area contributed by atoms with Crippen LogP contribution in [0.1, 0.15) is 37.4 Å². The van der Waals surface area contributed by atoms with Crippen LogP contribution in [-0.4, -0.2) is 22.5 Å². The van der Waals surface area contributed by atoms with Gasteiger partial charge in [-0.15, -0.1) is 0 Å². The molecule has 0 radical (unpaired) electrons. The Morgan fingerprint density at radius 2 is 1.43 bits per heavy atom. The smallest absolute Gasteiger partial charge is 0.276 e. The third kappa shape index (κ3) is 7.23. The molecule has 4 rings (SSSR count). The fourth-order valence-electron chi connectivity index (χ4n) is 3.74. The number of rotatable bonds is 9. The number of ketones is 1. The summed E-state index contributed by atoms with van der Waals surface area (Å²) in [4.78, 5) is 49.3. The predicted molar refractivity (Wildman–Crippen MR) is 155 cm³/mol. The Morgan fingerprint density at radius 3 is 2.10 bits per heavy atom. The van der Waals surface area contributed by atoms with E-state index in [1.807, 2.05) is 31.2 Å². The van der Waals surface area contributed by atoms with Crippen molar-refractivity contribution >= 4 is 41.1 Å². The van der Waals surface area contributed by atoms with E-state index in [1.54, 1.807) is 66.7 Å². The van der Waals surface area contributed by atoms with Crippen LogP contribution in [0, 0.1) is 17.0 Å². The SMILES string of the molecule is Cc1ccc(/C=C(\NC(=O)c2ccccc2)C(=O)Nc2ccc(C(=O)/C=C/c3ccccc3[N+](=O)[O-])cc2)cc1. The molecule has 4 aromatic rings. The van der Waals surface area contributed by atoms with Gasteiger partial charge in [-0.25, -0.2) is 0 Å². The zero-order valence-electron chi connectivity index (χ0n) is 21.5. The molecule has 0 atom stereocenters. The molecule has 2 N–H and O–H groups in total. The number of aryl methyl sites for hydroxylation is 1. The molecule has 40 heavy (non-hydrogen) atoms. The van der Waals surface area contributed by atoms with Crippen molar-refractivity contribution in [2.75, 3.05) is 5.32 Å². The second-order valence-corrected chi connectivity index (χ2v) is 8.83. The lowest BCUT2D eigenvalue weighted by Gasteiger charge is -2.12. The van der Waals surface area contributed by atoms with Crippen LogP contribution in [0.3, 0.4) is 0 Å². The summed E-state index contributed by atoms with van der Waals surface area (Å²) in [5.41, 5.74) is 3.20. The van der Waals surface area contributed by atoms with Crippen LogP contribution in [0.15, 0.2) is 115 Å². The van der Waals surface area contributed by atoms with E-state index in [-0.39, 0.29) is 17.2 Å². The third-order valence-electron chi connectivity index (χ3n) is 5.89. The van der Waals surface area contributed by atoms with E-state index in [4.69, 9.17) is 0 Å². The van der Waals surface area contributed by atoms with Crippen molar-refractivity contribution in [2.24, 2.45) is 0 Å². The van der Waals surface area contributed by atoms with Crippen molar-refractivity contribution in [3.05, 3.63) is 153 Å². The Kier molecular flexibility index (Phi) is 8.73. The van der Waals surface area contributed by atoms with Crippen molar-refractivity contribution in [3.8, 4) is 0 Å². The normalized spacial score (nSPS) is 11.2. The summed E-state index contributed by atoms with van der Waals surface area (Å²) < 4.78 is 0. The van der Waals surface area contributed by atoms with Crippen molar-refractivity contribution in [3.63, 3.8) is 0 Å². The lowest BCUT2D eigenvalue weighted by atomic mass is 10.1. The van der Waals surface area contributed by atoms with Gasteiger partial charge in [0, 0.05) is 22.9 Å². The van der Waals surface area contributed by atoms with E-state index >= 15 is 0 Å². The second kappa shape index (κ2) is 12.7. The number of allylic oxidation sites excluding steroid dienone is 1. The van der Waals surface area contributed by atoms with Gasteiger partial charge in [0.25, 0.3) is 17.5 Å². The number of nitro groups is 1. The maximum atomic E-state index is 13.2. The highest BCUT2D eigenvalue weighted by Crippen LogP contribution is 2.20. The fourth-order valence-corrected chi connectivity index (χ4v) is 3.74. The number of carbonyl (C=O) groups excluding carboxylic acids is 3. The van der Waals surface area contributed by atoms with Crippen LogP contribution in [0.4, 0.5) is 11.4 Å². The van der Waals surface area contributed by atoms with Gasteiger partial charge in [0.05, 0.1) is 10.5 Å². The molecule has 0 spiro atoms. The summed E-state index contributed by atoms with van der Waals surface area (Å²) in [6, 6.07) is 28.4. The van der Waals surface area contributed by atoms with E-state index in [9.17, 15) is 24.5 Å². The maximum absolute atomic E-state index is 13.2. The van der Waals surface area contributed by atoms with Gasteiger partial charge < -0.3 is 10.6 Å². The van der Waals surface area contributed by atoms with Crippen molar-refractivity contribution < 1.29 is 19.3 Å². The first kappa shape index (κ1) is 27.4. The van der Waals surface area contributed by atoms with Crippen LogP contribution >= 0.6 is 0 Å². The summed E-state index contributed by atoms with van der Waals surface area (Å²) in [6.45, 7) is 1.95. The third-order valence-corrected chi connectivity index (χ3v) is 5.89. The zero-order chi connectivity index (χ0) is 28.5. The number of nitro benzene ring substituents is 1. The van der Waals surface area contributed by atoms with Crippen LogP contribution in [0.5, 0.6) is 0 Å². The van der Waals surface area contributed by atoms with Gasteiger partial charge in [0.1, 0.15) is 5.70 Å². The number of para-hydroxylation sites is 1. The molecule has 0 fully saturated rings. The molecule has 4 aromatic carbocycles. The van der Waals surface area contributed by atoms with Crippen LogP contribution in [-0.2, 0) is 4.79 Å². The van der Waals surface area contributed by atoms with Gasteiger partial charge in [-0.3, -0.25) is 24.5 Å². The molecule has 0 bridgehead atoms. The number of anilines is 1.